The van der Waals surface area contributed by atoms with E-state index < -0.39 is 0 Å². The third kappa shape index (κ3) is 2.49. The van der Waals surface area contributed by atoms with Crippen molar-refractivity contribution in [3.63, 3.8) is 0 Å². The molecule has 0 aromatic carbocycles. The molecular formula is C12H20N4O. The summed E-state index contributed by atoms with van der Waals surface area (Å²) in [6, 6.07) is 1.95. The summed E-state index contributed by atoms with van der Waals surface area (Å²) in [6.07, 6.45) is 6.09. The van der Waals surface area contributed by atoms with E-state index in [0.29, 0.717) is 12.2 Å². The van der Waals surface area contributed by atoms with Crippen molar-refractivity contribution >= 4 is 5.91 Å². The number of aromatic nitrogens is 2. The van der Waals surface area contributed by atoms with E-state index in [9.17, 15) is 4.79 Å². The zero-order chi connectivity index (χ0) is 12.3. The minimum Gasteiger partial charge on any atom is -0.333 e. The lowest BCUT2D eigenvalue weighted by molar-refractivity contribution is 0.0677. The van der Waals surface area contributed by atoms with Crippen LogP contribution in [0.2, 0.25) is 0 Å². The zero-order valence-electron chi connectivity index (χ0n) is 10.3. The van der Waals surface area contributed by atoms with Gasteiger partial charge >= 0.3 is 0 Å². The van der Waals surface area contributed by atoms with Crippen LogP contribution in [0.5, 0.6) is 0 Å². The molecule has 1 fully saturated rings. The summed E-state index contributed by atoms with van der Waals surface area (Å²) in [5.74, 6) is 0.0577. The Morgan fingerprint density at radius 3 is 3.00 bits per heavy atom. The second kappa shape index (κ2) is 5.31. The summed E-state index contributed by atoms with van der Waals surface area (Å²) in [7, 11) is 1.79. The van der Waals surface area contributed by atoms with Gasteiger partial charge in [0.15, 0.2) is 0 Å². The van der Waals surface area contributed by atoms with Crippen LogP contribution < -0.4 is 5.73 Å². The van der Waals surface area contributed by atoms with Crippen LogP contribution in [0.15, 0.2) is 12.3 Å². The fourth-order valence-corrected chi connectivity index (χ4v) is 2.42. The van der Waals surface area contributed by atoms with Gasteiger partial charge in [-0.05, 0) is 18.9 Å². The van der Waals surface area contributed by atoms with Crippen LogP contribution in [0.3, 0.4) is 0 Å². The molecule has 5 nitrogen and oxygen atoms in total. The Morgan fingerprint density at radius 1 is 1.53 bits per heavy atom. The second-order valence-corrected chi connectivity index (χ2v) is 4.58. The average Bonchev–Trinajstić information content (AvgIpc) is 2.64. The molecule has 17 heavy (non-hydrogen) atoms. The second-order valence-electron chi connectivity index (χ2n) is 4.58. The predicted molar refractivity (Wildman–Crippen MR) is 65.6 cm³/mol. The molecule has 2 rings (SSSR count). The lowest BCUT2D eigenvalue weighted by atomic mass is 10.1. The molecule has 2 heterocycles. The largest absolute Gasteiger partial charge is 0.333 e. The van der Waals surface area contributed by atoms with Crippen LogP contribution in [0.1, 0.15) is 36.2 Å². The highest BCUT2D eigenvalue weighted by molar-refractivity contribution is 5.92. The van der Waals surface area contributed by atoms with Gasteiger partial charge in [0.1, 0.15) is 5.69 Å². The van der Waals surface area contributed by atoms with Gasteiger partial charge in [-0.1, -0.05) is 12.8 Å². The third-order valence-corrected chi connectivity index (χ3v) is 3.45. The maximum atomic E-state index is 12.4. The lowest BCUT2D eigenvalue weighted by Gasteiger charge is -2.29. The van der Waals surface area contributed by atoms with Gasteiger partial charge in [-0.25, -0.2) is 0 Å². The summed E-state index contributed by atoms with van der Waals surface area (Å²) in [5.41, 5.74) is 6.42. The fourth-order valence-electron chi connectivity index (χ4n) is 2.42. The third-order valence-electron chi connectivity index (χ3n) is 3.45. The molecule has 1 aliphatic heterocycles. The Balaban J connectivity index is 2.18. The number of rotatable bonds is 2. The number of carbonyl (C=O) groups is 1. The topological polar surface area (TPSA) is 64.2 Å². The van der Waals surface area contributed by atoms with Gasteiger partial charge in [0.25, 0.3) is 5.91 Å². The van der Waals surface area contributed by atoms with Gasteiger partial charge < -0.3 is 10.6 Å². The van der Waals surface area contributed by atoms with E-state index in [1.54, 1.807) is 24.0 Å². The highest BCUT2D eigenvalue weighted by Gasteiger charge is 2.26. The number of likely N-dealkylation sites (tertiary alicyclic amines) is 1. The normalized spacial score (nSPS) is 21.3. The van der Waals surface area contributed by atoms with E-state index in [1.165, 1.54) is 6.42 Å². The number of carbonyl (C=O) groups excluding carboxylic acids is 1. The summed E-state index contributed by atoms with van der Waals surface area (Å²) in [4.78, 5) is 14.3. The Morgan fingerprint density at radius 2 is 2.35 bits per heavy atom. The Bertz CT molecular complexity index is 388. The quantitative estimate of drug-likeness (QED) is 0.824. The molecular weight excluding hydrogens is 216 g/mol. The number of nitrogens with two attached hydrogens (primary N) is 1. The smallest absolute Gasteiger partial charge is 0.272 e. The fraction of sp³-hybridized carbons (Fsp3) is 0.667. The van der Waals surface area contributed by atoms with E-state index in [4.69, 9.17) is 5.73 Å². The first-order valence-corrected chi connectivity index (χ1v) is 6.23. The van der Waals surface area contributed by atoms with E-state index in [0.717, 1.165) is 25.8 Å². The van der Waals surface area contributed by atoms with Gasteiger partial charge in [-0.15, -0.1) is 0 Å². The van der Waals surface area contributed by atoms with Gasteiger partial charge in [0.05, 0.1) is 0 Å². The molecule has 0 aliphatic carbocycles. The molecule has 1 aromatic rings. The molecule has 1 atom stereocenters. The maximum Gasteiger partial charge on any atom is 0.272 e. The summed E-state index contributed by atoms with van der Waals surface area (Å²) in [6.45, 7) is 1.36. The monoisotopic (exact) mass is 236 g/mol. The summed E-state index contributed by atoms with van der Waals surface area (Å²) < 4.78 is 1.63. The minimum atomic E-state index is 0.0577. The lowest BCUT2D eigenvalue weighted by Crippen LogP contribution is -2.44. The first-order chi connectivity index (χ1) is 8.24. The average molecular weight is 236 g/mol. The van der Waals surface area contributed by atoms with Gasteiger partial charge in [0.2, 0.25) is 0 Å². The standard InChI is InChI=1S/C12H20N4O/c1-15-11(6-7-14-15)12(17)16-8-4-2-3-5-10(16)9-13/h6-7,10H,2-5,8-9,13H2,1H3. The van der Waals surface area contributed by atoms with Crippen molar-refractivity contribution in [2.75, 3.05) is 13.1 Å². The molecule has 0 saturated carbocycles. The number of hydrogen-bond acceptors (Lipinski definition) is 3. The van der Waals surface area contributed by atoms with Crippen LogP contribution in [0.4, 0.5) is 0 Å². The molecule has 0 spiro atoms. The summed E-state index contributed by atoms with van der Waals surface area (Å²) in [5, 5.41) is 4.04. The number of amides is 1. The number of aryl methyl sites for hydroxylation is 1. The number of hydrogen-bond donors (Lipinski definition) is 1. The molecule has 5 heteroatoms. The van der Waals surface area contributed by atoms with Gasteiger partial charge in [0, 0.05) is 32.4 Å². The van der Waals surface area contributed by atoms with E-state index in [-0.39, 0.29) is 11.9 Å². The van der Waals surface area contributed by atoms with Crippen molar-refractivity contribution in [2.45, 2.75) is 31.7 Å². The Kier molecular flexibility index (Phi) is 3.78. The van der Waals surface area contributed by atoms with Crippen molar-refractivity contribution in [1.29, 1.82) is 0 Å². The molecule has 0 radical (unpaired) electrons. The predicted octanol–water partition coefficient (Wildman–Crippen LogP) is 0.764. The molecule has 1 aromatic heterocycles. The highest BCUT2D eigenvalue weighted by Crippen LogP contribution is 2.18. The van der Waals surface area contributed by atoms with E-state index in [1.807, 2.05) is 4.90 Å². The van der Waals surface area contributed by atoms with Crippen LogP contribution in [-0.2, 0) is 7.05 Å². The van der Waals surface area contributed by atoms with Gasteiger partial charge in [-0.2, -0.15) is 5.10 Å². The molecule has 1 aliphatic rings. The number of nitrogens with zero attached hydrogens (tertiary/aromatic N) is 3. The van der Waals surface area contributed by atoms with Crippen molar-refractivity contribution < 1.29 is 4.79 Å². The molecule has 1 unspecified atom stereocenters. The highest BCUT2D eigenvalue weighted by atomic mass is 16.2. The van der Waals surface area contributed by atoms with Crippen LogP contribution in [0, 0.1) is 0 Å². The molecule has 94 valence electrons. The van der Waals surface area contributed by atoms with Crippen LogP contribution in [-0.4, -0.2) is 39.7 Å². The molecule has 2 N–H and O–H groups in total. The van der Waals surface area contributed by atoms with Crippen molar-refractivity contribution in [3.05, 3.63) is 18.0 Å². The van der Waals surface area contributed by atoms with Crippen LogP contribution >= 0.6 is 0 Å². The molecule has 1 amide bonds. The van der Waals surface area contributed by atoms with Crippen molar-refractivity contribution in [2.24, 2.45) is 12.8 Å². The minimum absolute atomic E-state index is 0.0577. The summed E-state index contributed by atoms with van der Waals surface area (Å²) >= 11 is 0. The SMILES string of the molecule is Cn1nccc1C(=O)N1CCCCCC1CN. The van der Waals surface area contributed by atoms with Gasteiger partial charge in [-0.3, -0.25) is 9.48 Å². The molecule has 1 saturated heterocycles. The first kappa shape index (κ1) is 12.1. The zero-order valence-corrected chi connectivity index (χ0v) is 10.3. The maximum absolute atomic E-state index is 12.4. The van der Waals surface area contributed by atoms with E-state index >= 15 is 0 Å². The Hall–Kier alpha value is -1.36. The van der Waals surface area contributed by atoms with Crippen molar-refractivity contribution in [3.8, 4) is 0 Å². The van der Waals surface area contributed by atoms with Crippen molar-refractivity contribution in [1.82, 2.24) is 14.7 Å². The molecule has 0 bridgehead atoms. The van der Waals surface area contributed by atoms with Crippen LogP contribution in [0.25, 0.3) is 0 Å². The first-order valence-electron chi connectivity index (χ1n) is 6.23. The van der Waals surface area contributed by atoms with E-state index in [2.05, 4.69) is 5.10 Å². The Labute approximate surface area is 102 Å².